The predicted molar refractivity (Wildman–Crippen MR) is 125 cm³/mol. The normalized spacial score (nSPS) is 10.6. The highest BCUT2D eigenvalue weighted by molar-refractivity contribution is 6.31. The van der Waals surface area contributed by atoms with Gasteiger partial charge in [-0.3, -0.25) is 4.79 Å². The first kappa shape index (κ1) is 21.6. The molecule has 0 saturated carbocycles. The lowest BCUT2D eigenvalue weighted by Gasteiger charge is -2.09. The molecule has 5 heteroatoms. The summed E-state index contributed by atoms with van der Waals surface area (Å²) in [6, 6.07) is 21.2. The molecule has 0 fully saturated rings. The summed E-state index contributed by atoms with van der Waals surface area (Å²) in [4.78, 5) is 16.3. The van der Waals surface area contributed by atoms with E-state index < -0.39 is 0 Å². The van der Waals surface area contributed by atoms with Crippen molar-refractivity contribution >= 4 is 34.3 Å². The number of carbonyl (C=O) groups excluding carboxylic acids is 1. The SMILES string of the molecule is CC.CC(C)C(=O)Nc1ccc(-c2ccc(-c3nc4ccc(Cl)cc4o3)cc2)cc1. The van der Waals surface area contributed by atoms with Crippen LogP contribution in [0.1, 0.15) is 27.7 Å². The molecule has 0 aliphatic carbocycles. The maximum absolute atomic E-state index is 11.8. The highest BCUT2D eigenvalue weighted by Gasteiger charge is 2.10. The van der Waals surface area contributed by atoms with Crippen LogP contribution in [0.2, 0.25) is 5.02 Å². The van der Waals surface area contributed by atoms with Gasteiger partial charge in [0.1, 0.15) is 5.52 Å². The van der Waals surface area contributed by atoms with E-state index in [4.69, 9.17) is 16.0 Å². The summed E-state index contributed by atoms with van der Waals surface area (Å²) in [6.45, 7) is 7.74. The minimum atomic E-state index is -0.0462. The maximum Gasteiger partial charge on any atom is 0.227 e. The van der Waals surface area contributed by atoms with Crippen LogP contribution in [-0.4, -0.2) is 10.9 Å². The molecule has 1 heterocycles. The van der Waals surface area contributed by atoms with Crippen molar-refractivity contribution in [2.75, 3.05) is 5.32 Å². The predicted octanol–water partition coefficient (Wildman–Crippen LogP) is 7.44. The van der Waals surface area contributed by atoms with Gasteiger partial charge < -0.3 is 9.73 Å². The van der Waals surface area contributed by atoms with Crippen LogP contribution in [0, 0.1) is 5.92 Å². The Kier molecular flexibility index (Phi) is 6.91. The number of hydrogen-bond donors (Lipinski definition) is 1. The van der Waals surface area contributed by atoms with E-state index in [9.17, 15) is 4.79 Å². The van der Waals surface area contributed by atoms with Crippen molar-refractivity contribution in [1.82, 2.24) is 4.98 Å². The summed E-state index contributed by atoms with van der Waals surface area (Å²) in [6.07, 6.45) is 0. The standard InChI is InChI=1S/C23H19ClN2O2.C2H6/c1-14(2)22(27)25-19-10-7-16(8-11-19)15-3-5-17(6-4-15)23-26-20-12-9-18(24)13-21(20)28-23;1-2/h3-14H,1-2H3,(H,25,27);1-2H3. The van der Waals surface area contributed by atoms with Crippen LogP contribution in [0.4, 0.5) is 5.69 Å². The molecule has 4 aromatic rings. The Hall–Kier alpha value is -3.11. The first-order valence-corrected chi connectivity index (χ1v) is 10.5. The topological polar surface area (TPSA) is 55.1 Å². The molecule has 0 aliphatic heterocycles. The zero-order valence-electron chi connectivity index (χ0n) is 17.6. The third kappa shape index (κ3) is 4.89. The first-order chi connectivity index (χ1) is 14.5. The van der Waals surface area contributed by atoms with E-state index in [0.29, 0.717) is 16.5 Å². The second kappa shape index (κ2) is 9.59. The zero-order chi connectivity index (χ0) is 21.7. The van der Waals surface area contributed by atoms with Gasteiger partial charge in [0.2, 0.25) is 11.8 Å². The average molecular weight is 421 g/mol. The molecule has 4 nitrogen and oxygen atoms in total. The number of anilines is 1. The molecular weight excluding hydrogens is 396 g/mol. The second-order valence-electron chi connectivity index (χ2n) is 6.93. The number of halogens is 1. The monoisotopic (exact) mass is 420 g/mol. The lowest BCUT2D eigenvalue weighted by molar-refractivity contribution is -0.118. The Labute approximate surface area is 181 Å². The molecule has 3 aromatic carbocycles. The van der Waals surface area contributed by atoms with E-state index in [-0.39, 0.29) is 11.8 Å². The number of amides is 1. The van der Waals surface area contributed by atoms with E-state index in [2.05, 4.69) is 10.3 Å². The number of fused-ring (bicyclic) bond motifs is 1. The highest BCUT2D eigenvalue weighted by Crippen LogP contribution is 2.29. The van der Waals surface area contributed by atoms with Gasteiger partial charge in [-0.05, 0) is 47.5 Å². The van der Waals surface area contributed by atoms with Gasteiger partial charge in [-0.2, -0.15) is 0 Å². The molecule has 0 atom stereocenters. The third-order valence-corrected chi connectivity index (χ3v) is 4.73. The fraction of sp³-hybridized carbons (Fsp3) is 0.200. The number of rotatable bonds is 4. The number of carbonyl (C=O) groups is 1. The van der Waals surface area contributed by atoms with Gasteiger partial charge in [0, 0.05) is 28.3 Å². The summed E-state index contributed by atoms with van der Waals surface area (Å²) in [5.41, 5.74) is 5.29. The van der Waals surface area contributed by atoms with Gasteiger partial charge in [-0.1, -0.05) is 63.6 Å². The van der Waals surface area contributed by atoms with Gasteiger partial charge in [0.25, 0.3) is 0 Å². The van der Waals surface area contributed by atoms with Crippen molar-refractivity contribution in [1.29, 1.82) is 0 Å². The molecule has 154 valence electrons. The molecule has 0 saturated heterocycles. The highest BCUT2D eigenvalue weighted by atomic mass is 35.5. The van der Waals surface area contributed by atoms with E-state index in [1.165, 1.54) is 0 Å². The van der Waals surface area contributed by atoms with Crippen molar-refractivity contribution in [3.63, 3.8) is 0 Å². The van der Waals surface area contributed by atoms with Gasteiger partial charge in [-0.15, -0.1) is 0 Å². The van der Waals surface area contributed by atoms with Crippen molar-refractivity contribution in [3.8, 4) is 22.6 Å². The molecule has 1 amide bonds. The van der Waals surface area contributed by atoms with Crippen LogP contribution in [-0.2, 0) is 4.79 Å². The molecule has 1 aromatic heterocycles. The fourth-order valence-electron chi connectivity index (χ4n) is 2.86. The number of aromatic nitrogens is 1. The summed E-state index contributed by atoms with van der Waals surface area (Å²) in [7, 11) is 0. The third-order valence-electron chi connectivity index (χ3n) is 4.49. The van der Waals surface area contributed by atoms with Crippen LogP contribution < -0.4 is 5.32 Å². The first-order valence-electron chi connectivity index (χ1n) is 10.1. The largest absolute Gasteiger partial charge is 0.436 e. The van der Waals surface area contributed by atoms with Crippen molar-refractivity contribution in [2.45, 2.75) is 27.7 Å². The Morgan fingerprint density at radius 2 is 1.47 bits per heavy atom. The van der Waals surface area contributed by atoms with E-state index in [1.807, 2.05) is 82.3 Å². The Bertz CT molecular complexity index is 1130. The number of hydrogen-bond acceptors (Lipinski definition) is 3. The Balaban J connectivity index is 0.00000124. The number of benzene rings is 3. The quantitative estimate of drug-likeness (QED) is 0.373. The number of nitrogens with one attached hydrogen (secondary N) is 1. The summed E-state index contributed by atoms with van der Waals surface area (Å²) >= 11 is 6.01. The molecule has 0 unspecified atom stereocenters. The van der Waals surface area contributed by atoms with Gasteiger partial charge in [0.05, 0.1) is 0 Å². The molecule has 30 heavy (non-hydrogen) atoms. The minimum absolute atomic E-state index is 0.0109. The molecule has 0 spiro atoms. The molecule has 0 radical (unpaired) electrons. The molecule has 4 rings (SSSR count). The van der Waals surface area contributed by atoms with E-state index in [0.717, 1.165) is 27.9 Å². The summed E-state index contributed by atoms with van der Waals surface area (Å²) in [5.74, 6) is 0.530. The molecular formula is C25H25ClN2O2. The maximum atomic E-state index is 11.8. The Morgan fingerprint density at radius 1 is 0.900 bits per heavy atom. The molecule has 0 bridgehead atoms. The van der Waals surface area contributed by atoms with Crippen LogP contribution in [0.5, 0.6) is 0 Å². The van der Waals surface area contributed by atoms with Gasteiger partial charge >= 0.3 is 0 Å². The zero-order valence-corrected chi connectivity index (χ0v) is 18.3. The van der Waals surface area contributed by atoms with E-state index >= 15 is 0 Å². The summed E-state index contributed by atoms with van der Waals surface area (Å²) < 4.78 is 5.82. The van der Waals surface area contributed by atoms with Crippen molar-refractivity contribution < 1.29 is 9.21 Å². The van der Waals surface area contributed by atoms with Crippen molar-refractivity contribution in [3.05, 3.63) is 71.8 Å². The van der Waals surface area contributed by atoms with Crippen LogP contribution in [0.25, 0.3) is 33.7 Å². The van der Waals surface area contributed by atoms with Gasteiger partial charge in [0.15, 0.2) is 5.58 Å². The molecule has 0 aliphatic rings. The van der Waals surface area contributed by atoms with E-state index in [1.54, 1.807) is 12.1 Å². The number of nitrogens with zero attached hydrogens (tertiary/aromatic N) is 1. The number of oxazole rings is 1. The van der Waals surface area contributed by atoms with Crippen LogP contribution in [0.15, 0.2) is 71.1 Å². The Morgan fingerprint density at radius 3 is 2.07 bits per heavy atom. The van der Waals surface area contributed by atoms with Crippen LogP contribution in [0.3, 0.4) is 0 Å². The summed E-state index contributed by atoms with van der Waals surface area (Å²) in [5, 5.41) is 3.52. The second-order valence-corrected chi connectivity index (χ2v) is 7.37. The lowest BCUT2D eigenvalue weighted by atomic mass is 10.0. The fourth-order valence-corrected chi connectivity index (χ4v) is 3.02. The van der Waals surface area contributed by atoms with Crippen molar-refractivity contribution in [2.24, 2.45) is 5.92 Å². The lowest BCUT2D eigenvalue weighted by Crippen LogP contribution is -2.17. The minimum Gasteiger partial charge on any atom is -0.436 e. The molecule has 1 N–H and O–H groups in total. The average Bonchev–Trinajstić information content (AvgIpc) is 3.19. The smallest absolute Gasteiger partial charge is 0.227 e. The van der Waals surface area contributed by atoms with Crippen LogP contribution >= 0.6 is 11.6 Å². The van der Waals surface area contributed by atoms with Gasteiger partial charge in [-0.25, -0.2) is 4.98 Å².